The molecule has 2 heterocycles. The smallest absolute Gasteiger partial charge is 0.243 e. The average Bonchev–Trinajstić information content (AvgIpc) is 3.35. The first kappa shape index (κ1) is 21.3. The lowest BCUT2D eigenvalue weighted by molar-refractivity contribution is -0.126. The number of hydrogen-bond donors (Lipinski definition) is 1. The van der Waals surface area contributed by atoms with E-state index in [1.807, 2.05) is 42.0 Å². The van der Waals surface area contributed by atoms with E-state index in [1.165, 1.54) is 4.31 Å². The zero-order valence-electron chi connectivity index (χ0n) is 17.4. The van der Waals surface area contributed by atoms with Gasteiger partial charge in [-0.3, -0.25) is 4.79 Å². The van der Waals surface area contributed by atoms with Gasteiger partial charge in [-0.05, 0) is 49.6 Å². The van der Waals surface area contributed by atoms with E-state index in [1.54, 1.807) is 42.9 Å². The van der Waals surface area contributed by atoms with Crippen molar-refractivity contribution >= 4 is 15.9 Å². The van der Waals surface area contributed by atoms with E-state index in [4.69, 9.17) is 0 Å². The number of hydrogen-bond acceptors (Lipinski definition) is 4. The number of nitrogens with one attached hydrogen (secondary N) is 1. The van der Waals surface area contributed by atoms with Crippen molar-refractivity contribution in [3.8, 4) is 5.69 Å². The number of nitrogens with zero attached hydrogens (tertiary/aromatic N) is 3. The van der Waals surface area contributed by atoms with Crippen LogP contribution in [0.3, 0.4) is 0 Å². The number of sulfonamides is 1. The zero-order chi connectivity index (χ0) is 21.8. The van der Waals surface area contributed by atoms with Crippen molar-refractivity contribution in [2.45, 2.75) is 30.7 Å². The van der Waals surface area contributed by atoms with Gasteiger partial charge in [0.25, 0.3) is 0 Å². The summed E-state index contributed by atoms with van der Waals surface area (Å²) >= 11 is 0. The maximum absolute atomic E-state index is 12.8. The summed E-state index contributed by atoms with van der Waals surface area (Å²) in [5.41, 5.74) is 2.02. The molecule has 1 fully saturated rings. The van der Waals surface area contributed by atoms with E-state index >= 15 is 0 Å². The largest absolute Gasteiger partial charge is 0.349 e. The molecule has 0 saturated carbocycles. The fourth-order valence-corrected chi connectivity index (χ4v) is 5.35. The Hall–Kier alpha value is -2.97. The van der Waals surface area contributed by atoms with Crippen molar-refractivity contribution in [1.29, 1.82) is 0 Å². The molecular formula is C23H26N4O3S. The second kappa shape index (κ2) is 9.03. The highest BCUT2D eigenvalue weighted by atomic mass is 32.2. The van der Waals surface area contributed by atoms with Crippen LogP contribution >= 0.6 is 0 Å². The lowest BCUT2D eigenvalue weighted by Crippen LogP contribution is -2.43. The number of piperidine rings is 1. The molecule has 1 aromatic heterocycles. The Balaban J connectivity index is 1.33. The van der Waals surface area contributed by atoms with Gasteiger partial charge in [0.2, 0.25) is 15.9 Å². The van der Waals surface area contributed by atoms with Gasteiger partial charge < -0.3 is 9.88 Å². The summed E-state index contributed by atoms with van der Waals surface area (Å²) in [4.78, 5) is 17.1. The van der Waals surface area contributed by atoms with Crippen molar-refractivity contribution in [2.75, 3.05) is 13.1 Å². The van der Waals surface area contributed by atoms with Gasteiger partial charge in [-0.2, -0.15) is 4.31 Å². The van der Waals surface area contributed by atoms with Crippen LogP contribution in [0.2, 0.25) is 0 Å². The monoisotopic (exact) mass is 438 g/mol. The molecule has 162 valence electrons. The van der Waals surface area contributed by atoms with Gasteiger partial charge >= 0.3 is 0 Å². The van der Waals surface area contributed by atoms with Gasteiger partial charge in [0.05, 0.1) is 17.3 Å². The maximum Gasteiger partial charge on any atom is 0.243 e. The molecule has 0 unspecified atom stereocenters. The molecule has 0 bridgehead atoms. The third kappa shape index (κ3) is 4.70. The molecule has 2 aromatic carbocycles. The first-order valence-corrected chi connectivity index (χ1v) is 11.8. The number of imidazole rings is 1. The van der Waals surface area contributed by atoms with E-state index in [2.05, 4.69) is 10.3 Å². The zero-order valence-corrected chi connectivity index (χ0v) is 18.2. The average molecular weight is 439 g/mol. The number of aromatic nitrogens is 2. The van der Waals surface area contributed by atoms with Crippen LogP contribution in [0.4, 0.5) is 0 Å². The summed E-state index contributed by atoms with van der Waals surface area (Å²) in [5, 5.41) is 3.08. The summed E-state index contributed by atoms with van der Waals surface area (Å²) in [6.45, 7) is 2.66. The Morgan fingerprint density at radius 1 is 1.06 bits per heavy atom. The SMILES string of the molecule is C[C@H](NC(=O)C1CCN(S(=O)(=O)c2ccccc2)CC1)c1ccc(-n2ccnc2)cc1. The summed E-state index contributed by atoms with van der Waals surface area (Å²) in [5.74, 6) is -0.210. The highest BCUT2D eigenvalue weighted by molar-refractivity contribution is 7.89. The molecule has 1 amide bonds. The van der Waals surface area contributed by atoms with Crippen LogP contribution in [0.25, 0.3) is 5.69 Å². The second-order valence-electron chi connectivity index (χ2n) is 7.78. The third-order valence-electron chi connectivity index (χ3n) is 5.76. The van der Waals surface area contributed by atoms with Gasteiger partial charge in [-0.15, -0.1) is 0 Å². The Bertz CT molecular complexity index is 1110. The second-order valence-corrected chi connectivity index (χ2v) is 9.72. The fraction of sp³-hybridized carbons (Fsp3) is 0.304. The van der Waals surface area contributed by atoms with E-state index in [9.17, 15) is 13.2 Å². The van der Waals surface area contributed by atoms with E-state index in [0.29, 0.717) is 30.8 Å². The van der Waals surface area contributed by atoms with Gasteiger partial charge in [0.15, 0.2) is 0 Å². The molecule has 1 aliphatic rings. The predicted octanol–water partition coefficient (Wildman–Crippen LogP) is 3.15. The van der Waals surface area contributed by atoms with Gasteiger partial charge in [0, 0.05) is 37.1 Å². The first-order chi connectivity index (χ1) is 14.9. The number of carbonyl (C=O) groups excluding carboxylic acids is 1. The number of rotatable bonds is 6. The van der Waals surface area contributed by atoms with Crippen molar-refractivity contribution in [1.82, 2.24) is 19.2 Å². The van der Waals surface area contributed by atoms with Crippen LogP contribution in [-0.4, -0.2) is 41.3 Å². The number of amides is 1. The van der Waals surface area contributed by atoms with Gasteiger partial charge in [-0.1, -0.05) is 30.3 Å². The van der Waals surface area contributed by atoms with Crippen molar-refractivity contribution in [3.63, 3.8) is 0 Å². The Kier molecular flexibility index (Phi) is 6.20. The van der Waals surface area contributed by atoms with Crippen LogP contribution in [0.1, 0.15) is 31.4 Å². The first-order valence-electron chi connectivity index (χ1n) is 10.4. The van der Waals surface area contributed by atoms with E-state index in [0.717, 1.165) is 11.3 Å². The normalized spacial score (nSPS) is 16.7. The van der Waals surface area contributed by atoms with Crippen LogP contribution in [0, 0.1) is 5.92 Å². The van der Waals surface area contributed by atoms with Crippen LogP contribution in [0.15, 0.2) is 78.2 Å². The van der Waals surface area contributed by atoms with Crippen LogP contribution in [-0.2, 0) is 14.8 Å². The lowest BCUT2D eigenvalue weighted by Gasteiger charge is -2.31. The van der Waals surface area contributed by atoms with Crippen LogP contribution in [0.5, 0.6) is 0 Å². The molecular weight excluding hydrogens is 412 g/mol. The number of carbonyl (C=O) groups is 1. The molecule has 0 spiro atoms. The topological polar surface area (TPSA) is 84.3 Å². The summed E-state index contributed by atoms with van der Waals surface area (Å²) in [6, 6.07) is 16.3. The minimum Gasteiger partial charge on any atom is -0.349 e. The molecule has 8 heteroatoms. The van der Waals surface area contributed by atoms with E-state index < -0.39 is 10.0 Å². The quantitative estimate of drug-likeness (QED) is 0.641. The molecule has 3 aromatic rings. The molecule has 7 nitrogen and oxygen atoms in total. The molecule has 1 saturated heterocycles. The van der Waals surface area contributed by atoms with Gasteiger partial charge in [-0.25, -0.2) is 13.4 Å². The molecule has 1 atom stereocenters. The molecule has 0 aliphatic carbocycles. The maximum atomic E-state index is 12.8. The molecule has 4 rings (SSSR count). The summed E-state index contributed by atoms with van der Waals surface area (Å²) in [6.07, 6.45) is 6.39. The van der Waals surface area contributed by atoms with E-state index in [-0.39, 0.29) is 17.9 Å². The molecule has 31 heavy (non-hydrogen) atoms. The Morgan fingerprint density at radius 2 is 1.74 bits per heavy atom. The summed E-state index contributed by atoms with van der Waals surface area (Å²) in [7, 11) is -3.50. The van der Waals surface area contributed by atoms with Gasteiger partial charge in [0.1, 0.15) is 0 Å². The fourth-order valence-electron chi connectivity index (χ4n) is 3.86. The Morgan fingerprint density at radius 3 is 2.35 bits per heavy atom. The van der Waals surface area contributed by atoms with Crippen molar-refractivity contribution in [2.24, 2.45) is 5.92 Å². The minimum absolute atomic E-state index is 0.0251. The standard InChI is InChI=1S/C23H26N4O3S/c1-18(19-7-9-21(10-8-19)26-16-13-24-17-26)25-23(28)20-11-14-27(15-12-20)31(29,30)22-5-3-2-4-6-22/h2-10,13,16-18,20H,11-12,14-15H2,1H3,(H,25,28)/t18-/m0/s1. The number of benzene rings is 2. The molecule has 1 aliphatic heterocycles. The highest BCUT2D eigenvalue weighted by Crippen LogP contribution is 2.25. The van der Waals surface area contributed by atoms with Crippen molar-refractivity contribution in [3.05, 3.63) is 78.9 Å². The predicted molar refractivity (Wildman–Crippen MR) is 118 cm³/mol. The van der Waals surface area contributed by atoms with Crippen molar-refractivity contribution < 1.29 is 13.2 Å². The summed E-state index contributed by atoms with van der Waals surface area (Å²) < 4.78 is 28.9. The highest BCUT2D eigenvalue weighted by Gasteiger charge is 2.32. The van der Waals surface area contributed by atoms with Crippen LogP contribution < -0.4 is 5.32 Å². The minimum atomic E-state index is -3.50. The lowest BCUT2D eigenvalue weighted by atomic mass is 9.96. The Labute approximate surface area is 182 Å². The molecule has 1 N–H and O–H groups in total. The third-order valence-corrected chi connectivity index (χ3v) is 7.67. The molecule has 0 radical (unpaired) electrons.